The van der Waals surface area contributed by atoms with Gasteiger partial charge in [0.2, 0.25) is 11.9 Å². The highest BCUT2D eigenvalue weighted by Crippen LogP contribution is 2.10. The number of carbonyl (C=O) groups excluding carboxylic acids is 1. The first kappa shape index (κ1) is 19.8. The molecule has 1 aliphatic heterocycles. The normalized spacial score (nSPS) is 14.6. The zero-order valence-corrected chi connectivity index (χ0v) is 15.8. The van der Waals surface area contributed by atoms with Crippen LogP contribution in [0.25, 0.3) is 0 Å². The molecule has 1 amide bonds. The van der Waals surface area contributed by atoms with Crippen molar-refractivity contribution in [1.29, 1.82) is 0 Å². The number of amides is 1. The van der Waals surface area contributed by atoms with E-state index in [1.54, 1.807) is 24.5 Å². The summed E-state index contributed by atoms with van der Waals surface area (Å²) in [5, 5.41) is 11.9. The Balaban J connectivity index is 1.32. The molecule has 0 bridgehead atoms. The molecular weight excluding hydrogens is 358 g/mol. The van der Waals surface area contributed by atoms with E-state index in [9.17, 15) is 9.59 Å². The third-order valence-corrected chi connectivity index (χ3v) is 4.72. The second-order valence-corrected chi connectivity index (χ2v) is 6.76. The fraction of sp³-hybridized carbons (Fsp3) is 0.400. The Bertz CT molecular complexity index is 791. The molecule has 2 N–H and O–H groups in total. The minimum Gasteiger partial charge on any atom is -0.478 e. The van der Waals surface area contributed by atoms with Crippen LogP contribution in [0.4, 0.5) is 5.95 Å². The van der Waals surface area contributed by atoms with Crippen LogP contribution >= 0.6 is 0 Å². The monoisotopic (exact) mass is 383 g/mol. The van der Waals surface area contributed by atoms with Crippen LogP contribution in [-0.4, -0.2) is 71.1 Å². The summed E-state index contributed by atoms with van der Waals surface area (Å²) in [6.07, 6.45) is 4.59. The summed E-state index contributed by atoms with van der Waals surface area (Å²) < 4.78 is 0. The Hall–Kier alpha value is -3.00. The standard InChI is InChI=1S/C20H25N5O3/c26-18(15-16-4-1-5-17(14-16)19(27)28)21-8-3-9-24-10-12-25(13-11-24)20-22-6-2-7-23-20/h1-2,4-7,14H,3,8-13,15H2,(H,21,26)(H,27,28). The molecule has 8 heteroatoms. The lowest BCUT2D eigenvalue weighted by Gasteiger charge is -2.34. The number of aromatic nitrogens is 2. The van der Waals surface area contributed by atoms with Gasteiger partial charge in [0.1, 0.15) is 0 Å². The van der Waals surface area contributed by atoms with E-state index in [-0.39, 0.29) is 17.9 Å². The SMILES string of the molecule is O=C(Cc1cccc(C(=O)O)c1)NCCCN1CCN(c2ncccn2)CC1. The Morgan fingerprint density at radius 3 is 2.54 bits per heavy atom. The van der Waals surface area contributed by atoms with E-state index in [1.807, 2.05) is 6.07 Å². The molecule has 0 radical (unpaired) electrons. The van der Waals surface area contributed by atoms with Crippen molar-refractivity contribution in [2.45, 2.75) is 12.8 Å². The van der Waals surface area contributed by atoms with Gasteiger partial charge in [0.05, 0.1) is 12.0 Å². The van der Waals surface area contributed by atoms with Crippen LogP contribution in [0, 0.1) is 0 Å². The highest BCUT2D eigenvalue weighted by Gasteiger charge is 2.18. The van der Waals surface area contributed by atoms with Crippen LogP contribution in [0.5, 0.6) is 0 Å². The number of carbonyl (C=O) groups is 2. The fourth-order valence-electron chi connectivity index (χ4n) is 3.22. The molecule has 0 saturated carbocycles. The van der Waals surface area contributed by atoms with Gasteiger partial charge in [-0.25, -0.2) is 14.8 Å². The molecule has 3 rings (SSSR count). The van der Waals surface area contributed by atoms with Crippen molar-refractivity contribution in [3.63, 3.8) is 0 Å². The second-order valence-electron chi connectivity index (χ2n) is 6.76. The van der Waals surface area contributed by atoms with Gasteiger partial charge in [0.15, 0.2) is 0 Å². The lowest BCUT2D eigenvalue weighted by Crippen LogP contribution is -2.47. The molecule has 1 aromatic carbocycles. The van der Waals surface area contributed by atoms with Gasteiger partial charge in [-0.05, 0) is 36.7 Å². The highest BCUT2D eigenvalue weighted by atomic mass is 16.4. The van der Waals surface area contributed by atoms with Crippen LogP contribution in [0.1, 0.15) is 22.3 Å². The van der Waals surface area contributed by atoms with Crippen molar-refractivity contribution in [3.05, 3.63) is 53.9 Å². The number of hydrogen-bond donors (Lipinski definition) is 2. The van der Waals surface area contributed by atoms with Crippen LogP contribution in [0.15, 0.2) is 42.7 Å². The third-order valence-electron chi connectivity index (χ3n) is 4.72. The Labute approximate surface area is 164 Å². The van der Waals surface area contributed by atoms with Gasteiger partial charge in [-0.3, -0.25) is 9.69 Å². The maximum absolute atomic E-state index is 12.1. The predicted octanol–water partition coefficient (Wildman–Crippen LogP) is 1.05. The topological polar surface area (TPSA) is 98.7 Å². The summed E-state index contributed by atoms with van der Waals surface area (Å²) >= 11 is 0. The zero-order chi connectivity index (χ0) is 19.8. The molecule has 0 atom stereocenters. The summed E-state index contributed by atoms with van der Waals surface area (Å²) in [6.45, 7) is 5.24. The van der Waals surface area contributed by atoms with Crippen molar-refractivity contribution in [2.24, 2.45) is 0 Å². The number of carboxylic acid groups (broad SMARTS) is 1. The Morgan fingerprint density at radius 2 is 1.82 bits per heavy atom. The first-order chi connectivity index (χ1) is 13.6. The maximum atomic E-state index is 12.1. The van der Waals surface area contributed by atoms with Crippen LogP contribution in [0.3, 0.4) is 0 Å². The van der Waals surface area contributed by atoms with E-state index in [4.69, 9.17) is 5.11 Å². The van der Waals surface area contributed by atoms with E-state index in [0.29, 0.717) is 12.1 Å². The molecular formula is C20H25N5O3. The highest BCUT2D eigenvalue weighted by molar-refractivity contribution is 5.88. The molecule has 2 heterocycles. The molecule has 148 valence electrons. The summed E-state index contributed by atoms with van der Waals surface area (Å²) in [5.41, 5.74) is 0.905. The van der Waals surface area contributed by atoms with Gasteiger partial charge < -0.3 is 15.3 Å². The Morgan fingerprint density at radius 1 is 1.07 bits per heavy atom. The van der Waals surface area contributed by atoms with Gasteiger partial charge in [-0.2, -0.15) is 0 Å². The largest absolute Gasteiger partial charge is 0.478 e. The van der Waals surface area contributed by atoms with Gasteiger partial charge in [0.25, 0.3) is 0 Å². The average Bonchev–Trinajstić information content (AvgIpc) is 2.72. The molecule has 1 saturated heterocycles. The minimum absolute atomic E-state index is 0.0893. The summed E-state index contributed by atoms with van der Waals surface area (Å²) in [6, 6.07) is 8.30. The minimum atomic E-state index is -0.985. The van der Waals surface area contributed by atoms with Gasteiger partial charge in [-0.1, -0.05) is 12.1 Å². The first-order valence-electron chi connectivity index (χ1n) is 9.45. The molecule has 0 unspecified atom stereocenters. The van der Waals surface area contributed by atoms with Crippen molar-refractivity contribution in [2.75, 3.05) is 44.2 Å². The van der Waals surface area contributed by atoms with Crippen LogP contribution in [0.2, 0.25) is 0 Å². The van der Waals surface area contributed by atoms with Crippen molar-refractivity contribution >= 4 is 17.8 Å². The quantitative estimate of drug-likeness (QED) is 0.657. The molecule has 0 spiro atoms. The number of carboxylic acids is 1. The van der Waals surface area contributed by atoms with Crippen LogP contribution < -0.4 is 10.2 Å². The average molecular weight is 383 g/mol. The lowest BCUT2D eigenvalue weighted by atomic mass is 10.1. The number of nitrogens with one attached hydrogen (secondary N) is 1. The number of hydrogen-bond acceptors (Lipinski definition) is 6. The first-order valence-corrected chi connectivity index (χ1v) is 9.45. The maximum Gasteiger partial charge on any atom is 0.335 e. The molecule has 0 aliphatic carbocycles. The summed E-state index contributed by atoms with van der Waals surface area (Å²) in [7, 11) is 0. The van der Waals surface area contributed by atoms with Crippen molar-refractivity contribution in [3.8, 4) is 0 Å². The van der Waals surface area contributed by atoms with E-state index in [0.717, 1.165) is 45.1 Å². The molecule has 1 fully saturated rings. The fourth-order valence-corrected chi connectivity index (χ4v) is 3.22. The number of anilines is 1. The molecule has 2 aromatic rings. The molecule has 1 aromatic heterocycles. The summed E-state index contributed by atoms with van der Waals surface area (Å²) in [4.78, 5) is 36.2. The number of nitrogens with zero attached hydrogens (tertiary/aromatic N) is 4. The molecule has 8 nitrogen and oxygen atoms in total. The summed E-state index contributed by atoms with van der Waals surface area (Å²) in [5.74, 6) is -0.295. The zero-order valence-electron chi connectivity index (χ0n) is 15.8. The van der Waals surface area contributed by atoms with Gasteiger partial charge in [0, 0.05) is 45.1 Å². The van der Waals surface area contributed by atoms with E-state index in [2.05, 4.69) is 25.1 Å². The molecule has 28 heavy (non-hydrogen) atoms. The van der Waals surface area contributed by atoms with E-state index in [1.165, 1.54) is 12.1 Å². The van der Waals surface area contributed by atoms with Crippen molar-refractivity contribution < 1.29 is 14.7 Å². The number of aromatic carboxylic acids is 1. The van der Waals surface area contributed by atoms with Gasteiger partial charge >= 0.3 is 5.97 Å². The van der Waals surface area contributed by atoms with Crippen molar-refractivity contribution in [1.82, 2.24) is 20.2 Å². The number of rotatable bonds is 8. The number of benzene rings is 1. The Kier molecular flexibility index (Phi) is 6.91. The van der Waals surface area contributed by atoms with Crippen LogP contribution in [-0.2, 0) is 11.2 Å². The molecule has 1 aliphatic rings. The van der Waals surface area contributed by atoms with Gasteiger partial charge in [-0.15, -0.1) is 0 Å². The predicted molar refractivity (Wildman–Crippen MR) is 105 cm³/mol. The third kappa shape index (κ3) is 5.75. The number of piperazine rings is 1. The lowest BCUT2D eigenvalue weighted by molar-refractivity contribution is -0.120. The smallest absolute Gasteiger partial charge is 0.335 e. The second kappa shape index (κ2) is 9.80. The van der Waals surface area contributed by atoms with E-state index < -0.39 is 5.97 Å². The van der Waals surface area contributed by atoms with E-state index >= 15 is 0 Å².